The molecule has 0 aromatic carbocycles. The van der Waals surface area contributed by atoms with Crippen LogP contribution in [0.15, 0.2) is 0 Å². The van der Waals surface area contributed by atoms with Gasteiger partial charge in [-0.15, -0.1) is 0 Å². The third-order valence-electron chi connectivity index (χ3n) is 2.58. The predicted octanol–water partition coefficient (Wildman–Crippen LogP) is 2.11. The van der Waals surface area contributed by atoms with E-state index in [1.54, 1.807) is 0 Å². The zero-order valence-corrected chi connectivity index (χ0v) is 9.94. The number of hydrogen-bond donors (Lipinski definition) is 1. The molecule has 0 bridgehead atoms. The van der Waals surface area contributed by atoms with Gasteiger partial charge in [-0.3, -0.25) is 3.89 Å². The van der Waals surface area contributed by atoms with Crippen molar-refractivity contribution in [3.63, 3.8) is 0 Å². The Morgan fingerprint density at radius 3 is 2.23 bits per heavy atom. The molecule has 0 aromatic heterocycles. The molecule has 0 spiro atoms. The van der Waals surface area contributed by atoms with Crippen molar-refractivity contribution in [3.8, 4) is 0 Å². The summed E-state index contributed by atoms with van der Waals surface area (Å²) in [7, 11) is 0. The third kappa shape index (κ3) is 4.34. The van der Waals surface area contributed by atoms with Gasteiger partial charge in [0.25, 0.3) is 0 Å². The lowest BCUT2D eigenvalue weighted by atomic mass is 9.92. The second-order valence-corrected chi connectivity index (χ2v) is 6.04. The van der Waals surface area contributed by atoms with Crippen molar-refractivity contribution in [2.24, 2.45) is 5.41 Å². The number of rotatable bonds is 2. The molecule has 13 heavy (non-hydrogen) atoms. The smallest absolute Gasteiger partial charge is 0.113 e. The van der Waals surface area contributed by atoms with Crippen molar-refractivity contribution in [2.75, 3.05) is 32.8 Å². The highest BCUT2D eigenvalue weighted by atomic mass is 32.1. The predicted molar refractivity (Wildman–Crippen MR) is 58.7 cm³/mol. The topological polar surface area (TPSA) is 9.23 Å². The summed E-state index contributed by atoms with van der Waals surface area (Å²) >= 11 is 4.72. The van der Waals surface area contributed by atoms with Gasteiger partial charge in [-0.1, -0.05) is 20.8 Å². The number of ether oxygens (including phenoxy) is 1. The normalized spacial score (nSPS) is 23.1. The van der Waals surface area contributed by atoms with Crippen LogP contribution in [-0.4, -0.2) is 36.7 Å². The number of hydrogen-bond acceptors (Lipinski definition) is 2. The first kappa shape index (κ1) is 11.3. The SMILES string of the molecule is CC(C)(C)CC[N+]1(S)CCOCC1. The monoisotopic (exact) mass is 204 g/mol. The zero-order valence-electron chi connectivity index (χ0n) is 9.05. The van der Waals surface area contributed by atoms with E-state index in [-0.39, 0.29) is 0 Å². The largest absolute Gasteiger partial charge is 0.370 e. The molecule has 1 saturated heterocycles. The zero-order chi connectivity index (χ0) is 9.95. The van der Waals surface area contributed by atoms with Crippen LogP contribution in [-0.2, 0) is 4.74 Å². The molecule has 0 aliphatic carbocycles. The standard InChI is InChI=1S/C10H22NOS/c1-10(2,3)4-5-11(13)6-8-12-9-7-11/h13H,4-9H2,1-3H3/q+1. The molecule has 0 radical (unpaired) electrons. The Morgan fingerprint density at radius 1 is 1.23 bits per heavy atom. The van der Waals surface area contributed by atoms with Crippen molar-refractivity contribution >= 4 is 12.8 Å². The third-order valence-corrected chi connectivity index (χ3v) is 3.18. The van der Waals surface area contributed by atoms with E-state index in [4.69, 9.17) is 17.6 Å². The van der Waals surface area contributed by atoms with Crippen LogP contribution in [0.1, 0.15) is 27.2 Å². The van der Waals surface area contributed by atoms with E-state index in [0.717, 1.165) is 36.7 Å². The molecule has 1 fully saturated rings. The minimum absolute atomic E-state index is 0.423. The van der Waals surface area contributed by atoms with Crippen molar-refractivity contribution in [3.05, 3.63) is 0 Å². The lowest BCUT2D eigenvalue weighted by Crippen LogP contribution is -2.48. The van der Waals surface area contributed by atoms with Crippen LogP contribution in [0.25, 0.3) is 0 Å². The van der Waals surface area contributed by atoms with E-state index in [0.29, 0.717) is 5.41 Å². The lowest BCUT2D eigenvalue weighted by molar-refractivity contribution is -0.803. The molecule has 0 unspecified atom stereocenters. The van der Waals surface area contributed by atoms with Gasteiger partial charge in [-0.2, -0.15) is 0 Å². The van der Waals surface area contributed by atoms with Gasteiger partial charge in [0.15, 0.2) is 0 Å². The van der Waals surface area contributed by atoms with Gasteiger partial charge in [-0.05, 0) is 5.41 Å². The fraction of sp³-hybridized carbons (Fsp3) is 1.00. The van der Waals surface area contributed by atoms with Crippen molar-refractivity contribution in [1.82, 2.24) is 0 Å². The number of morpholine rings is 1. The summed E-state index contributed by atoms with van der Waals surface area (Å²) < 4.78 is 6.23. The lowest BCUT2D eigenvalue weighted by Gasteiger charge is -2.36. The van der Waals surface area contributed by atoms with Crippen LogP contribution in [0.2, 0.25) is 0 Å². The molecule has 78 valence electrons. The van der Waals surface area contributed by atoms with Gasteiger partial charge in [-0.25, -0.2) is 0 Å². The minimum atomic E-state index is 0.423. The maximum absolute atomic E-state index is 5.33. The van der Waals surface area contributed by atoms with E-state index < -0.39 is 0 Å². The van der Waals surface area contributed by atoms with Crippen LogP contribution in [0.5, 0.6) is 0 Å². The van der Waals surface area contributed by atoms with E-state index in [1.807, 2.05) is 0 Å². The van der Waals surface area contributed by atoms with Crippen molar-refractivity contribution < 1.29 is 8.63 Å². The first-order chi connectivity index (χ1) is 5.91. The molecule has 3 heteroatoms. The van der Waals surface area contributed by atoms with Crippen LogP contribution >= 0.6 is 12.8 Å². The van der Waals surface area contributed by atoms with Crippen LogP contribution in [0, 0.1) is 5.41 Å². The summed E-state index contributed by atoms with van der Waals surface area (Å²) in [5, 5.41) is 0. The van der Waals surface area contributed by atoms with E-state index in [9.17, 15) is 0 Å². The first-order valence-electron chi connectivity index (χ1n) is 5.08. The highest BCUT2D eigenvalue weighted by Crippen LogP contribution is 2.24. The highest BCUT2D eigenvalue weighted by molar-refractivity contribution is 7.74. The van der Waals surface area contributed by atoms with E-state index in [2.05, 4.69) is 20.8 Å². The molecule has 0 atom stereocenters. The molecular weight excluding hydrogens is 182 g/mol. The van der Waals surface area contributed by atoms with Crippen molar-refractivity contribution in [2.45, 2.75) is 27.2 Å². The molecular formula is C10H22NOS+. The average Bonchev–Trinajstić information content (AvgIpc) is 2.02. The van der Waals surface area contributed by atoms with Gasteiger partial charge in [0.2, 0.25) is 0 Å². The number of thiol groups is 1. The molecule has 1 aliphatic heterocycles. The fourth-order valence-electron chi connectivity index (χ4n) is 1.45. The quantitative estimate of drug-likeness (QED) is 0.535. The first-order valence-corrected chi connectivity index (χ1v) is 5.48. The van der Waals surface area contributed by atoms with Crippen LogP contribution < -0.4 is 0 Å². The average molecular weight is 204 g/mol. The Hall–Kier alpha value is 0.270. The Labute approximate surface area is 87.4 Å². The van der Waals surface area contributed by atoms with Crippen molar-refractivity contribution in [1.29, 1.82) is 0 Å². The Kier molecular flexibility index (Phi) is 3.66. The number of quaternary nitrogens is 1. The van der Waals surface area contributed by atoms with Gasteiger partial charge in [0.1, 0.15) is 13.1 Å². The summed E-state index contributed by atoms with van der Waals surface area (Å²) in [6.45, 7) is 11.9. The van der Waals surface area contributed by atoms with Gasteiger partial charge < -0.3 is 4.74 Å². The molecule has 1 rings (SSSR count). The Morgan fingerprint density at radius 2 is 1.77 bits per heavy atom. The summed E-state index contributed by atoms with van der Waals surface area (Å²) in [6.07, 6.45) is 1.23. The fourth-order valence-corrected chi connectivity index (χ4v) is 1.71. The second kappa shape index (κ2) is 4.20. The van der Waals surface area contributed by atoms with Gasteiger partial charge in [0, 0.05) is 6.42 Å². The maximum Gasteiger partial charge on any atom is 0.113 e. The van der Waals surface area contributed by atoms with Gasteiger partial charge >= 0.3 is 0 Å². The summed E-state index contributed by atoms with van der Waals surface area (Å²) in [5.41, 5.74) is 0.423. The van der Waals surface area contributed by atoms with E-state index >= 15 is 0 Å². The Balaban J connectivity index is 2.33. The van der Waals surface area contributed by atoms with Crippen LogP contribution in [0.3, 0.4) is 0 Å². The maximum atomic E-state index is 5.33. The summed E-state index contributed by atoms with van der Waals surface area (Å²) in [5.74, 6) is 0. The second-order valence-electron chi connectivity index (χ2n) is 5.19. The summed E-state index contributed by atoms with van der Waals surface area (Å²) in [6, 6.07) is 0. The Bertz CT molecular complexity index is 159. The molecule has 0 N–H and O–H groups in total. The van der Waals surface area contributed by atoms with E-state index in [1.165, 1.54) is 6.42 Å². The molecule has 0 aromatic rings. The van der Waals surface area contributed by atoms with Crippen LogP contribution in [0.4, 0.5) is 0 Å². The highest BCUT2D eigenvalue weighted by Gasteiger charge is 2.28. The number of nitrogens with zero attached hydrogens (tertiary/aromatic N) is 1. The molecule has 0 amide bonds. The summed E-state index contributed by atoms with van der Waals surface area (Å²) in [4.78, 5) is 0. The minimum Gasteiger partial charge on any atom is -0.370 e. The molecule has 2 nitrogen and oxygen atoms in total. The molecule has 1 heterocycles. The molecule has 0 saturated carbocycles. The van der Waals surface area contributed by atoms with Gasteiger partial charge in [0.05, 0.1) is 32.6 Å². The molecule has 1 aliphatic rings.